The van der Waals surface area contributed by atoms with Crippen LogP contribution in [-0.4, -0.2) is 55.9 Å². The molecule has 2 fully saturated rings. The molecule has 8 nitrogen and oxygen atoms in total. The van der Waals surface area contributed by atoms with Crippen molar-refractivity contribution in [2.45, 2.75) is 65.1 Å². The monoisotopic (exact) mass is 436 g/mol. The standard InChI is InChI=1S/C24H32N6O2/c1-15-8-10-29(11-9-15)22(23-26-27-28-30(23)14-18-5-4-12-32-18)20-13-19-16(2)6-7-17(3)21(19)25-24(20)31/h6-7,13,15,18,22H,4-5,8-12,14H2,1-3H3,(H,25,31)/t18-,22+/m1/s1. The van der Waals surface area contributed by atoms with E-state index in [2.05, 4.69) is 57.5 Å². The molecule has 4 heterocycles. The number of tetrazole rings is 1. The summed E-state index contributed by atoms with van der Waals surface area (Å²) in [7, 11) is 0. The molecule has 0 unspecified atom stereocenters. The minimum absolute atomic E-state index is 0.0681. The van der Waals surface area contributed by atoms with Gasteiger partial charge in [0, 0.05) is 17.6 Å². The van der Waals surface area contributed by atoms with Crippen LogP contribution in [0.5, 0.6) is 0 Å². The third-order valence-corrected chi connectivity index (χ3v) is 7.16. The Morgan fingerprint density at radius 3 is 2.72 bits per heavy atom. The summed E-state index contributed by atoms with van der Waals surface area (Å²) < 4.78 is 7.69. The van der Waals surface area contributed by atoms with Gasteiger partial charge in [-0.05, 0) is 86.2 Å². The third kappa shape index (κ3) is 3.97. The predicted molar refractivity (Wildman–Crippen MR) is 123 cm³/mol. The summed E-state index contributed by atoms with van der Waals surface area (Å²) >= 11 is 0. The Balaban J connectivity index is 1.62. The van der Waals surface area contributed by atoms with Gasteiger partial charge < -0.3 is 9.72 Å². The zero-order valence-corrected chi connectivity index (χ0v) is 19.2. The van der Waals surface area contributed by atoms with Crippen LogP contribution in [0.4, 0.5) is 0 Å². The van der Waals surface area contributed by atoms with Crippen LogP contribution in [0.3, 0.4) is 0 Å². The number of hydrogen-bond donors (Lipinski definition) is 1. The summed E-state index contributed by atoms with van der Waals surface area (Å²) in [5.41, 5.74) is 3.77. The minimum Gasteiger partial charge on any atom is -0.376 e. The van der Waals surface area contributed by atoms with Gasteiger partial charge >= 0.3 is 0 Å². The lowest BCUT2D eigenvalue weighted by Gasteiger charge is -2.36. The van der Waals surface area contributed by atoms with E-state index in [9.17, 15) is 4.79 Å². The van der Waals surface area contributed by atoms with Crippen molar-refractivity contribution in [3.05, 3.63) is 51.1 Å². The number of pyridine rings is 1. The number of hydrogen-bond acceptors (Lipinski definition) is 6. The highest BCUT2D eigenvalue weighted by atomic mass is 16.5. The highest BCUT2D eigenvalue weighted by Crippen LogP contribution is 2.32. The lowest BCUT2D eigenvalue weighted by atomic mass is 9.94. The van der Waals surface area contributed by atoms with E-state index >= 15 is 0 Å². The van der Waals surface area contributed by atoms with E-state index in [1.807, 2.05) is 11.6 Å². The van der Waals surface area contributed by atoms with Gasteiger partial charge in [-0.1, -0.05) is 19.1 Å². The van der Waals surface area contributed by atoms with Gasteiger partial charge in [0.15, 0.2) is 5.82 Å². The van der Waals surface area contributed by atoms with Gasteiger partial charge in [-0.2, -0.15) is 0 Å². The molecule has 170 valence electrons. The SMILES string of the molecule is Cc1ccc(C)c2[nH]c(=O)c([C@@H](c3nnnn3C[C@H]3CCCO3)N3CCC(C)CC3)cc12. The molecule has 8 heteroatoms. The van der Waals surface area contributed by atoms with E-state index in [1.165, 1.54) is 0 Å². The Hall–Kier alpha value is -2.58. The number of aromatic amines is 1. The van der Waals surface area contributed by atoms with Crippen molar-refractivity contribution in [2.24, 2.45) is 5.92 Å². The first-order valence-corrected chi connectivity index (χ1v) is 11.8. The van der Waals surface area contributed by atoms with Crippen molar-refractivity contribution >= 4 is 10.9 Å². The summed E-state index contributed by atoms with van der Waals surface area (Å²) in [6, 6.07) is 5.94. The first-order valence-electron chi connectivity index (χ1n) is 11.8. The van der Waals surface area contributed by atoms with Crippen molar-refractivity contribution in [3.63, 3.8) is 0 Å². The molecule has 2 aliphatic rings. The quantitative estimate of drug-likeness (QED) is 0.661. The zero-order chi connectivity index (χ0) is 22.2. The average molecular weight is 437 g/mol. The number of likely N-dealkylation sites (tertiary alicyclic amines) is 1. The molecule has 0 spiro atoms. The molecule has 0 bridgehead atoms. The topological polar surface area (TPSA) is 88.9 Å². The van der Waals surface area contributed by atoms with Gasteiger partial charge in [0.05, 0.1) is 18.2 Å². The van der Waals surface area contributed by atoms with E-state index in [0.29, 0.717) is 18.0 Å². The molecular formula is C24H32N6O2. The van der Waals surface area contributed by atoms with Gasteiger partial charge in [0.2, 0.25) is 0 Å². The summed E-state index contributed by atoms with van der Waals surface area (Å²) in [5.74, 6) is 1.42. The summed E-state index contributed by atoms with van der Waals surface area (Å²) in [5, 5.41) is 13.8. The molecule has 0 saturated carbocycles. The predicted octanol–water partition coefficient (Wildman–Crippen LogP) is 3.13. The molecule has 32 heavy (non-hydrogen) atoms. The zero-order valence-electron chi connectivity index (χ0n) is 19.2. The summed E-state index contributed by atoms with van der Waals surface area (Å²) in [6.45, 7) is 9.66. The largest absolute Gasteiger partial charge is 0.376 e. The molecule has 1 N–H and O–H groups in total. The second kappa shape index (κ2) is 8.75. The molecule has 5 rings (SSSR count). The summed E-state index contributed by atoms with van der Waals surface area (Å²) in [6.07, 6.45) is 4.42. The molecular weight excluding hydrogens is 404 g/mol. The van der Waals surface area contributed by atoms with Crippen molar-refractivity contribution in [1.82, 2.24) is 30.1 Å². The van der Waals surface area contributed by atoms with Gasteiger partial charge in [-0.3, -0.25) is 9.69 Å². The number of fused-ring (bicyclic) bond motifs is 1. The third-order valence-electron chi connectivity index (χ3n) is 7.16. The number of ether oxygens (including phenoxy) is 1. The van der Waals surface area contributed by atoms with E-state index in [4.69, 9.17) is 4.74 Å². The number of nitrogens with one attached hydrogen (secondary N) is 1. The molecule has 2 aromatic heterocycles. The molecule has 2 aliphatic heterocycles. The molecule has 2 atom stereocenters. The number of piperidine rings is 1. The van der Waals surface area contributed by atoms with Crippen LogP contribution in [-0.2, 0) is 11.3 Å². The van der Waals surface area contributed by atoms with Crippen LogP contribution < -0.4 is 5.56 Å². The Bertz CT molecular complexity index is 1150. The molecule has 1 aromatic carbocycles. The van der Waals surface area contributed by atoms with Crippen LogP contribution >= 0.6 is 0 Å². The maximum atomic E-state index is 13.4. The molecule has 3 aromatic rings. The number of aryl methyl sites for hydroxylation is 2. The molecule has 0 aliphatic carbocycles. The lowest BCUT2D eigenvalue weighted by Crippen LogP contribution is -2.40. The van der Waals surface area contributed by atoms with Crippen molar-refractivity contribution in [1.29, 1.82) is 0 Å². The van der Waals surface area contributed by atoms with Gasteiger partial charge in [0.25, 0.3) is 5.56 Å². The fourth-order valence-electron chi connectivity index (χ4n) is 5.10. The van der Waals surface area contributed by atoms with Crippen LogP contribution in [0.25, 0.3) is 10.9 Å². The number of benzene rings is 1. The second-order valence-electron chi connectivity index (χ2n) is 9.52. The fraction of sp³-hybridized carbons (Fsp3) is 0.583. The first kappa shape index (κ1) is 21.3. The second-order valence-corrected chi connectivity index (χ2v) is 9.52. The van der Waals surface area contributed by atoms with E-state index in [-0.39, 0.29) is 17.7 Å². The number of nitrogens with zero attached hydrogens (tertiary/aromatic N) is 5. The van der Waals surface area contributed by atoms with Gasteiger partial charge in [-0.15, -0.1) is 5.10 Å². The van der Waals surface area contributed by atoms with Crippen molar-refractivity contribution in [2.75, 3.05) is 19.7 Å². The van der Waals surface area contributed by atoms with Gasteiger partial charge in [-0.25, -0.2) is 4.68 Å². The Kier molecular flexibility index (Phi) is 5.82. The van der Waals surface area contributed by atoms with Crippen molar-refractivity contribution in [3.8, 4) is 0 Å². The minimum atomic E-state index is -0.285. The Labute approximate surface area is 188 Å². The Morgan fingerprint density at radius 2 is 1.97 bits per heavy atom. The lowest BCUT2D eigenvalue weighted by molar-refractivity contribution is 0.0894. The van der Waals surface area contributed by atoms with E-state index in [1.54, 1.807) is 0 Å². The highest BCUT2D eigenvalue weighted by Gasteiger charge is 2.33. The van der Waals surface area contributed by atoms with Crippen LogP contribution in [0.1, 0.15) is 61.2 Å². The fourth-order valence-corrected chi connectivity index (χ4v) is 5.10. The Morgan fingerprint density at radius 1 is 1.19 bits per heavy atom. The smallest absolute Gasteiger partial charge is 0.253 e. The molecule has 2 saturated heterocycles. The van der Waals surface area contributed by atoms with Crippen LogP contribution in [0, 0.1) is 19.8 Å². The number of H-pyrrole nitrogens is 1. The maximum Gasteiger partial charge on any atom is 0.253 e. The average Bonchev–Trinajstić information content (AvgIpc) is 3.46. The number of rotatable bonds is 5. The molecule has 0 radical (unpaired) electrons. The number of aromatic nitrogens is 5. The van der Waals surface area contributed by atoms with Crippen molar-refractivity contribution < 1.29 is 4.74 Å². The summed E-state index contributed by atoms with van der Waals surface area (Å²) in [4.78, 5) is 19.0. The normalized spacial score (nSPS) is 21.4. The van der Waals surface area contributed by atoms with E-state index < -0.39 is 0 Å². The van der Waals surface area contributed by atoms with Crippen LogP contribution in [0.15, 0.2) is 23.0 Å². The maximum absolute atomic E-state index is 13.4. The highest BCUT2D eigenvalue weighted by molar-refractivity contribution is 5.85. The van der Waals surface area contributed by atoms with Crippen LogP contribution in [0.2, 0.25) is 0 Å². The van der Waals surface area contributed by atoms with E-state index in [0.717, 1.165) is 73.2 Å². The molecule has 0 amide bonds. The van der Waals surface area contributed by atoms with Gasteiger partial charge in [0.1, 0.15) is 6.04 Å². The first-order chi connectivity index (χ1) is 15.5.